The third-order valence-corrected chi connectivity index (χ3v) is 5.29. The number of hydrogen-bond donors (Lipinski definition) is 4. The smallest absolute Gasteiger partial charge is 0.303 e. The monoisotopic (exact) mass is 392 g/mol. The predicted octanol–water partition coefficient (Wildman–Crippen LogP) is 3.00. The van der Waals surface area contributed by atoms with E-state index in [1.165, 1.54) is 0 Å². The van der Waals surface area contributed by atoms with Crippen LogP contribution in [-0.4, -0.2) is 44.7 Å². The Morgan fingerprint density at radius 2 is 2.07 bits per heavy atom. The summed E-state index contributed by atoms with van der Waals surface area (Å²) >= 11 is 0. The number of aliphatic carboxylic acids is 1. The molecule has 0 saturated heterocycles. The molecule has 0 aromatic carbocycles. The first kappa shape index (κ1) is 22.4. The van der Waals surface area contributed by atoms with Gasteiger partial charge in [0.1, 0.15) is 11.5 Å². The number of aliphatic hydroxyl groups excluding tert-OH is 3. The molecule has 2 rings (SSSR count). The highest BCUT2D eigenvalue weighted by molar-refractivity contribution is 5.66. The Morgan fingerprint density at radius 1 is 1.29 bits per heavy atom. The number of carbonyl (C=O) groups is 1. The number of unbranched alkanes of at least 4 members (excludes halogenated alkanes) is 1. The summed E-state index contributed by atoms with van der Waals surface area (Å²) in [5, 5.41) is 39.3. The summed E-state index contributed by atoms with van der Waals surface area (Å²) in [6.07, 6.45) is 9.08. The average molecular weight is 392 g/mol. The Balaban J connectivity index is 1.81. The van der Waals surface area contributed by atoms with Gasteiger partial charge >= 0.3 is 5.97 Å². The minimum absolute atomic E-state index is 0.109. The number of furan rings is 1. The number of carboxylic acids is 1. The molecule has 0 unspecified atom stereocenters. The highest BCUT2D eigenvalue weighted by Crippen LogP contribution is 2.36. The van der Waals surface area contributed by atoms with Gasteiger partial charge in [-0.1, -0.05) is 24.3 Å². The molecule has 28 heavy (non-hydrogen) atoms. The van der Waals surface area contributed by atoms with Crippen molar-refractivity contribution in [1.82, 2.24) is 0 Å². The lowest BCUT2D eigenvalue weighted by Crippen LogP contribution is -2.20. The van der Waals surface area contributed by atoms with Gasteiger partial charge in [0, 0.05) is 25.2 Å². The summed E-state index contributed by atoms with van der Waals surface area (Å²) in [7, 11) is 0. The van der Waals surface area contributed by atoms with Crippen molar-refractivity contribution in [3.63, 3.8) is 0 Å². The molecule has 1 aliphatic carbocycles. The summed E-state index contributed by atoms with van der Waals surface area (Å²) in [6, 6.07) is 3.80. The van der Waals surface area contributed by atoms with Crippen LogP contribution in [0.15, 0.2) is 40.9 Å². The summed E-state index contributed by atoms with van der Waals surface area (Å²) in [5.74, 6) is 0.573. The topological polar surface area (TPSA) is 111 Å². The first-order valence-electron chi connectivity index (χ1n) is 10.0. The van der Waals surface area contributed by atoms with Gasteiger partial charge in [-0.05, 0) is 50.7 Å². The molecular weight excluding hydrogens is 360 g/mol. The van der Waals surface area contributed by atoms with E-state index in [4.69, 9.17) is 9.52 Å². The van der Waals surface area contributed by atoms with Crippen molar-refractivity contribution in [3.05, 3.63) is 48.0 Å². The van der Waals surface area contributed by atoms with Crippen molar-refractivity contribution in [2.45, 2.75) is 70.2 Å². The maximum atomic E-state index is 10.5. The highest BCUT2D eigenvalue weighted by atomic mass is 16.4. The van der Waals surface area contributed by atoms with Crippen LogP contribution in [0.3, 0.4) is 0 Å². The van der Waals surface area contributed by atoms with Gasteiger partial charge in [0.25, 0.3) is 0 Å². The number of allylic oxidation sites excluding steroid dienone is 2. The van der Waals surface area contributed by atoms with Crippen molar-refractivity contribution in [3.8, 4) is 0 Å². The second kappa shape index (κ2) is 11.2. The van der Waals surface area contributed by atoms with Gasteiger partial charge in [-0.15, -0.1) is 0 Å². The fourth-order valence-electron chi connectivity index (χ4n) is 3.71. The number of aliphatic hydroxyl groups is 3. The predicted molar refractivity (Wildman–Crippen MR) is 106 cm³/mol. The summed E-state index contributed by atoms with van der Waals surface area (Å²) in [4.78, 5) is 10.5. The maximum absolute atomic E-state index is 10.5. The Kier molecular flexibility index (Phi) is 8.96. The summed E-state index contributed by atoms with van der Waals surface area (Å²) in [6.45, 7) is 1.88. The van der Waals surface area contributed by atoms with E-state index in [-0.39, 0.29) is 18.3 Å². The van der Waals surface area contributed by atoms with Gasteiger partial charge in [-0.3, -0.25) is 4.79 Å². The minimum atomic E-state index is -0.798. The number of rotatable bonds is 11. The summed E-state index contributed by atoms with van der Waals surface area (Å²) < 4.78 is 5.50. The van der Waals surface area contributed by atoms with Crippen LogP contribution in [-0.2, 0) is 11.2 Å². The maximum Gasteiger partial charge on any atom is 0.303 e. The molecule has 0 bridgehead atoms. The fourth-order valence-corrected chi connectivity index (χ4v) is 3.71. The van der Waals surface area contributed by atoms with E-state index >= 15 is 0 Å². The summed E-state index contributed by atoms with van der Waals surface area (Å²) in [5.41, 5.74) is 0. The van der Waals surface area contributed by atoms with Crippen LogP contribution in [0, 0.1) is 18.8 Å². The molecule has 0 spiro atoms. The molecule has 1 aromatic heterocycles. The molecule has 6 nitrogen and oxygen atoms in total. The average Bonchev–Trinajstić information content (AvgIpc) is 3.16. The van der Waals surface area contributed by atoms with Gasteiger partial charge < -0.3 is 24.8 Å². The first-order chi connectivity index (χ1) is 13.4. The zero-order valence-corrected chi connectivity index (χ0v) is 16.4. The second-order valence-corrected chi connectivity index (χ2v) is 7.61. The normalized spacial score (nSPS) is 26.4. The standard InChI is InChI=1S/C22H32O6/c1-15-8-11-17(28-15)12-9-16(23)10-13-19-18(20(24)14-21(19)25)6-4-2-3-5-7-22(26)27/h2,4,8,10-11,13,16,18-21,23-25H,3,5-7,9,12,14H2,1H3,(H,26,27)/b4-2-,13-10+/t16-,18-,19-,20+,21+/m1/s1. The zero-order chi connectivity index (χ0) is 20.5. The van der Waals surface area contributed by atoms with Crippen molar-refractivity contribution in [1.29, 1.82) is 0 Å². The van der Waals surface area contributed by atoms with Crippen LogP contribution in [0.25, 0.3) is 0 Å². The fraction of sp³-hybridized carbons (Fsp3) is 0.591. The van der Waals surface area contributed by atoms with Crippen molar-refractivity contribution in [2.24, 2.45) is 11.8 Å². The second-order valence-electron chi connectivity index (χ2n) is 7.61. The lowest BCUT2D eigenvalue weighted by atomic mass is 9.89. The molecule has 1 saturated carbocycles. The number of hydrogen-bond acceptors (Lipinski definition) is 5. The van der Waals surface area contributed by atoms with E-state index in [1.807, 2.05) is 37.3 Å². The van der Waals surface area contributed by atoms with E-state index in [9.17, 15) is 20.1 Å². The molecular formula is C22H32O6. The Morgan fingerprint density at radius 3 is 2.75 bits per heavy atom. The van der Waals surface area contributed by atoms with Gasteiger partial charge in [0.15, 0.2) is 0 Å². The van der Waals surface area contributed by atoms with Crippen LogP contribution in [0.5, 0.6) is 0 Å². The zero-order valence-electron chi connectivity index (χ0n) is 16.4. The van der Waals surface area contributed by atoms with Crippen LogP contribution in [0.4, 0.5) is 0 Å². The first-order valence-corrected chi connectivity index (χ1v) is 10.0. The molecule has 0 radical (unpaired) electrons. The Labute approximate surface area is 166 Å². The van der Waals surface area contributed by atoms with Gasteiger partial charge in [-0.25, -0.2) is 0 Å². The molecule has 156 valence electrons. The highest BCUT2D eigenvalue weighted by Gasteiger charge is 2.39. The Bertz CT molecular complexity index is 662. The van der Waals surface area contributed by atoms with Gasteiger partial charge in [-0.2, -0.15) is 0 Å². The van der Waals surface area contributed by atoms with Crippen molar-refractivity contribution in [2.75, 3.05) is 0 Å². The molecule has 4 N–H and O–H groups in total. The lowest BCUT2D eigenvalue weighted by Gasteiger charge is -2.19. The SMILES string of the molecule is Cc1ccc(CC[C@@H](O)/C=C/[C@@H]2[C@@H](C/C=C\CCCC(=O)O)[C@@H](O)C[C@@H]2O)o1. The lowest BCUT2D eigenvalue weighted by molar-refractivity contribution is -0.137. The van der Waals surface area contributed by atoms with Crippen LogP contribution < -0.4 is 0 Å². The van der Waals surface area contributed by atoms with E-state index in [0.29, 0.717) is 38.5 Å². The number of carboxylic acid groups (broad SMARTS) is 1. The van der Waals surface area contributed by atoms with Gasteiger partial charge in [0.2, 0.25) is 0 Å². The van der Waals surface area contributed by atoms with Gasteiger partial charge in [0.05, 0.1) is 18.3 Å². The molecule has 5 atom stereocenters. The molecule has 6 heteroatoms. The molecule has 0 amide bonds. The van der Waals surface area contributed by atoms with Crippen LogP contribution in [0.2, 0.25) is 0 Å². The van der Waals surface area contributed by atoms with Crippen molar-refractivity contribution < 1.29 is 29.6 Å². The third kappa shape index (κ3) is 7.26. The third-order valence-electron chi connectivity index (χ3n) is 5.29. The molecule has 1 heterocycles. The van der Waals surface area contributed by atoms with Crippen LogP contribution >= 0.6 is 0 Å². The number of aryl methyl sites for hydroxylation is 2. The van der Waals surface area contributed by atoms with Crippen LogP contribution in [0.1, 0.15) is 50.0 Å². The molecule has 1 fully saturated rings. The quantitative estimate of drug-likeness (QED) is 0.340. The molecule has 0 aliphatic heterocycles. The minimum Gasteiger partial charge on any atom is -0.481 e. The molecule has 1 aliphatic rings. The Hall–Kier alpha value is -1.89. The van der Waals surface area contributed by atoms with E-state index in [2.05, 4.69) is 0 Å². The molecule has 1 aromatic rings. The van der Waals surface area contributed by atoms with E-state index in [1.54, 1.807) is 6.08 Å². The van der Waals surface area contributed by atoms with E-state index < -0.39 is 24.3 Å². The largest absolute Gasteiger partial charge is 0.481 e. The van der Waals surface area contributed by atoms with E-state index in [0.717, 1.165) is 11.5 Å². The van der Waals surface area contributed by atoms with Crippen molar-refractivity contribution >= 4 is 5.97 Å².